The Kier molecular flexibility index (Phi) is 3.49. The molecule has 2 aliphatic rings. The van der Waals surface area contributed by atoms with Crippen molar-refractivity contribution in [2.45, 2.75) is 63.5 Å². The molecule has 0 heterocycles. The first-order valence-corrected chi connectivity index (χ1v) is 6.37. The fraction of sp³-hybridized carbons (Fsp3) is 0.917. The van der Waals surface area contributed by atoms with Crippen molar-refractivity contribution in [3.05, 3.63) is 0 Å². The average Bonchev–Trinajstić information content (AvgIpc) is 2.90. The molecule has 0 aliphatic heterocycles. The normalized spacial score (nSPS) is 23.3. The number of hydrogen-bond donors (Lipinski definition) is 2. The van der Waals surface area contributed by atoms with Crippen molar-refractivity contribution in [3.63, 3.8) is 0 Å². The minimum absolute atomic E-state index is 0.646. The summed E-state index contributed by atoms with van der Waals surface area (Å²) in [4.78, 5) is 2.38. The first-order valence-electron chi connectivity index (χ1n) is 6.37. The summed E-state index contributed by atoms with van der Waals surface area (Å²) in [5.74, 6) is 0.647. The van der Waals surface area contributed by atoms with Crippen LogP contribution in [0, 0.1) is 5.41 Å². The third kappa shape index (κ3) is 2.27. The van der Waals surface area contributed by atoms with E-state index < -0.39 is 0 Å². The lowest BCUT2D eigenvalue weighted by atomic mass is 10.1. The molecular formula is C12H23N3. The van der Waals surface area contributed by atoms with Crippen LogP contribution in [0.1, 0.15) is 51.4 Å². The van der Waals surface area contributed by atoms with Crippen LogP contribution in [0.5, 0.6) is 0 Å². The van der Waals surface area contributed by atoms with Gasteiger partial charge in [-0.1, -0.05) is 25.7 Å². The van der Waals surface area contributed by atoms with Crippen LogP contribution in [0.3, 0.4) is 0 Å². The van der Waals surface area contributed by atoms with Gasteiger partial charge in [-0.2, -0.15) is 0 Å². The van der Waals surface area contributed by atoms with Crippen LogP contribution in [0.4, 0.5) is 0 Å². The summed E-state index contributed by atoms with van der Waals surface area (Å²) in [5, 5.41) is 11.1. The van der Waals surface area contributed by atoms with E-state index in [0.717, 1.165) is 0 Å². The number of guanidine groups is 1. The van der Waals surface area contributed by atoms with Crippen molar-refractivity contribution in [1.29, 1.82) is 5.41 Å². The Morgan fingerprint density at radius 3 is 1.73 bits per heavy atom. The monoisotopic (exact) mass is 209 g/mol. The quantitative estimate of drug-likeness (QED) is 0.541. The highest BCUT2D eigenvalue weighted by atomic mass is 15.3. The number of nitrogens with one attached hydrogen (secondary N) is 2. The molecule has 3 heteroatoms. The molecule has 0 bridgehead atoms. The van der Waals surface area contributed by atoms with Gasteiger partial charge in [0.1, 0.15) is 0 Å². The van der Waals surface area contributed by atoms with Crippen LogP contribution in [0.15, 0.2) is 0 Å². The van der Waals surface area contributed by atoms with E-state index >= 15 is 0 Å². The van der Waals surface area contributed by atoms with Gasteiger partial charge in [0, 0.05) is 19.1 Å². The molecule has 0 radical (unpaired) electrons. The summed E-state index contributed by atoms with van der Waals surface area (Å²) in [5.41, 5.74) is 0. The smallest absolute Gasteiger partial charge is 0.191 e. The summed E-state index contributed by atoms with van der Waals surface area (Å²) < 4.78 is 0. The highest BCUT2D eigenvalue weighted by Crippen LogP contribution is 2.31. The van der Waals surface area contributed by atoms with Gasteiger partial charge in [0.15, 0.2) is 5.96 Å². The number of hydrogen-bond acceptors (Lipinski definition) is 1. The number of nitrogens with zero attached hydrogens (tertiary/aromatic N) is 1. The van der Waals surface area contributed by atoms with Crippen molar-refractivity contribution in [2.24, 2.45) is 0 Å². The molecule has 2 fully saturated rings. The summed E-state index contributed by atoms with van der Waals surface area (Å²) in [7, 11) is 1.87. The molecule has 2 N–H and O–H groups in total. The van der Waals surface area contributed by atoms with Gasteiger partial charge in [0.05, 0.1) is 0 Å². The molecule has 2 saturated carbocycles. The molecule has 0 amide bonds. The van der Waals surface area contributed by atoms with Gasteiger partial charge >= 0.3 is 0 Å². The molecule has 15 heavy (non-hydrogen) atoms. The fourth-order valence-corrected chi connectivity index (χ4v) is 3.16. The van der Waals surface area contributed by atoms with E-state index in [1.165, 1.54) is 51.4 Å². The molecule has 0 unspecified atom stereocenters. The van der Waals surface area contributed by atoms with Gasteiger partial charge in [-0.3, -0.25) is 5.41 Å². The second kappa shape index (κ2) is 4.86. The van der Waals surface area contributed by atoms with Crippen molar-refractivity contribution in [2.75, 3.05) is 7.05 Å². The molecule has 3 nitrogen and oxygen atoms in total. The lowest BCUT2D eigenvalue weighted by Crippen LogP contribution is -2.49. The zero-order valence-electron chi connectivity index (χ0n) is 9.76. The van der Waals surface area contributed by atoms with Crippen LogP contribution >= 0.6 is 0 Å². The average molecular weight is 209 g/mol. The fourth-order valence-electron chi connectivity index (χ4n) is 3.16. The lowest BCUT2D eigenvalue weighted by molar-refractivity contribution is 0.231. The van der Waals surface area contributed by atoms with Gasteiger partial charge in [0.2, 0.25) is 0 Å². The zero-order valence-corrected chi connectivity index (χ0v) is 9.76. The second-order valence-electron chi connectivity index (χ2n) is 4.88. The van der Waals surface area contributed by atoms with Gasteiger partial charge in [0.25, 0.3) is 0 Å². The van der Waals surface area contributed by atoms with Crippen LogP contribution < -0.4 is 5.32 Å². The molecular weight excluding hydrogens is 186 g/mol. The lowest BCUT2D eigenvalue weighted by Gasteiger charge is -2.36. The maximum absolute atomic E-state index is 8.04. The van der Waals surface area contributed by atoms with Crippen LogP contribution in [-0.4, -0.2) is 30.0 Å². The van der Waals surface area contributed by atoms with Gasteiger partial charge in [-0.15, -0.1) is 0 Å². The first-order chi connectivity index (χ1) is 7.33. The van der Waals surface area contributed by atoms with Crippen molar-refractivity contribution >= 4 is 5.96 Å². The molecule has 0 saturated heterocycles. The highest BCUT2D eigenvalue weighted by molar-refractivity contribution is 5.77. The predicted molar refractivity (Wildman–Crippen MR) is 63.1 cm³/mol. The van der Waals surface area contributed by atoms with E-state index in [0.29, 0.717) is 18.0 Å². The summed E-state index contributed by atoms with van der Waals surface area (Å²) >= 11 is 0. The maximum Gasteiger partial charge on any atom is 0.191 e. The topological polar surface area (TPSA) is 39.1 Å². The van der Waals surface area contributed by atoms with Crippen molar-refractivity contribution in [3.8, 4) is 0 Å². The molecule has 0 spiro atoms. The van der Waals surface area contributed by atoms with E-state index in [4.69, 9.17) is 5.41 Å². The summed E-state index contributed by atoms with van der Waals surface area (Å²) in [6.45, 7) is 0. The predicted octanol–water partition coefficient (Wildman–Crippen LogP) is 2.33. The van der Waals surface area contributed by atoms with Crippen LogP contribution in [0.25, 0.3) is 0 Å². The minimum atomic E-state index is 0.646. The Balaban J connectivity index is 2.03. The Hall–Kier alpha value is -0.730. The Morgan fingerprint density at radius 1 is 1.00 bits per heavy atom. The van der Waals surface area contributed by atoms with E-state index in [-0.39, 0.29) is 0 Å². The number of rotatable bonds is 2. The third-order valence-electron chi connectivity index (χ3n) is 3.93. The zero-order chi connectivity index (χ0) is 10.7. The van der Waals surface area contributed by atoms with E-state index in [1.54, 1.807) is 0 Å². The second-order valence-corrected chi connectivity index (χ2v) is 4.88. The Labute approximate surface area is 92.7 Å². The van der Waals surface area contributed by atoms with Gasteiger partial charge < -0.3 is 10.2 Å². The molecule has 0 atom stereocenters. The van der Waals surface area contributed by atoms with Gasteiger partial charge in [-0.25, -0.2) is 0 Å². The molecule has 86 valence electrons. The Morgan fingerprint density at radius 2 is 1.40 bits per heavy atom. The van der Waals surface area contributed by atoms with Crippen LogP contribution in [0.2, 0.25) is 0 Å². The van der Waals surface area contributed by atoms with E-state index in [9.17, 15) is 0 Å². The maximum atomic E-state index is 8.04. The summed E-state index contributed by atoms with van der Waals surface area (Å²) in [6, 6.07) is 1.29. The van der Waals surface area contributed by atoms with E-state index in [2.05, 4.69) is 10.2 Å². The summed E-state index contributed by atoms with van der Waals surface area (Å²) in [6.07, 6.45) is 10.6. The van der Waals surface area contributed by atoms with E-state index in [1.807, 2.05) is 7.05 Å². The SMILES string of the molecule is CNC(=N)N(C1CCCC1)C1CCCC1. The first kappa shape index (κ1) is 10.8. The minimum Gasteiger partial charge on any atom is -0.359 e. The molecule has 0 aromatic carbocycles. The third-order valence-corrected chi connectivity index (χ3v) is 3.93. The Bertz CT molecular complexity index is 199. The molecule has 0 aromatic heterocycles. The van der Waals surface area contributed by atoms with Crippen molar-refractivity contribution < 1.29 is 0 Å². The van der Waals surface area contributed by atoms with Crippen molar-refractivity contribution in [1.82, 2.24) is 10.2 Å². The standard InChI is InChI=1S/C12H23N3/c1-14-12(13)15(10-6-2-3-7-10)11-8-4-5-9-11/h10-11H,2-9H2,1H3,(H2,13,14). The largest absolute Gasteiger partial charge is 0.359 e. The molecule has 0 aromatic rings. The molecule has 2 rings (SSSR count). The highest BCUT2D eigenvalue weighted by Gasteiger charge is 2.31. The van der Waals surface area contributed by atoms with Crippen LogP contribution in [-0.2, 0) is 0 Å². The van der Waals surface area contributed by atoms with Gasteiger partial charge in [-0.05, 0) is 25.7 Å². The molecule has 2 aliphatic carbocycles.